The van der Waals surface area contributed by atoms with Crippen LogP contribution in [-0.4, -0.2) is 15.7 Å². The number of hydrogen-bond donors (Lipinski definition) is 1. The Kier molecular flexibility index (Phi) is 4.60. The van der Waals surface area contributed by atoms with Gasteiger partial charge in [-0.05, 0) is 44.0 Å². The van der Waals surface area contributed by atoms with E-state index in [9.17, 15) is 4.79 Å². The van der Waals surface area contributed by atoms with E-state index in [-0.39, 0.29) is 5.91 Å². The van der Waals surface area contributed by atoms with Gasteiger partial charge in [0.05, 0.1) is 5.69 Å². The maximum Gasteiger partial charge on any atom is 0.273 e. The number of nitrogens with zero attached hydrogens (tertiary/aromatic N) is 2. The van der Waals surface area contributed by atoms with Crippen molar-refractivity contribution in [2.75, 3.05) is 5.32 Å². The molecule has 0 aliphatic carbocycles. The molecular formula is C15H18BrN3O. The Morgan fingerprint density at radius 3 is 2.70 bits per heavy atom. The molecule has 0 atom stereocenters. The molecule has 0 fully saturated rings. The van der Waals surface area contributed by atoms with Gasteiger partial charge in [-0.2, -0.15) is 5.10 Å². The molecule has 1 amide bonds. The first-order valence-electron chi connectivity index (χ1n) is 6.69. The smallest absolute Gasteiger partial charge is 0.273 e. The van der Waals surface area contributed by atoms with Crippen molar-refractivity contribution in [2.24, 2.45) is 0 Å². The molecular weight excluding hydrogens is 318 g/mol. The van der Waals surface area contributed by atoms with Crippen LogP contribution in [-0.2, 0) is 13.0 Å². The summed E-state index contributed by atoms with van der Waals surface area (Å²) in [7, 11) is 0. The molecule has 5 heteroatoms. The summed E-state index contributed by atoms with van der Waals surface area (Å²) in [6.07, 6.45) is 0.823. The minimum atomic E-state index is -0.130. The molecule has 4 nitrogen and oxygen atoms in total. The van der Waals surface area contributed by atoms with Crippen LogP contribution in [0.5, 0.6) is 0 Å². The van der Waals surface area contributed by atoms with Gasteiger partial charge in [0.2, 0.25) is 0 Å². The zero-order valence-corrected chi connectivity index (χ0v) is 13.5. The number of aryl methyl sites for hydroxylation is 3. The van der Waals surface area contributed by atoms with Crippen LogP contribution in [0, 0.1) is 6.92 Å². The van der Waals surface area contributed by atoms with Crippen LogP contribution in [0.1, 0.15) is 35.6 Å². The molecule has 1 aromatic carbocycles. The highest BCUT2D eigenvalue weighted by Gasteiger charge is 2.14. The first kappa shape index (κ1) is 14.8. The molecule has 0 saturated heterocycles. The number of carbonyl (C=O) groups is 1. The lowest BCUT2D eigenvalue weighted by Crippen LogP contribution is -2.17. The minimum Gasteiger partial charge on any atom is -0.321 e. The van der Waals surface area contributed by atoms with Crippen molar-refractivity contribution in [3.8, 4) is 0 Å². The van der Waals surface area contributed by atoms with E-state index in [1.54, 1.807) is 4.68 Å². The van der Waals surface area contributed by atoms with E-state index in [1.807, 2.05) is 45.0 Å². The largest absolute Gasteiger partial charge is 0.321 e. The number of aromatic nitrogens is 2. The van der Waals surface area contributed by atoms with Gasteiger partial charge < -0.3 is 5.32 Å². The molecule has 0 spiro atoms. The third-order valence-corrected chi connectivity index (χ3v) is 4.01. The average Bonchev–Trinajstić information content (AvgIpc) is 2.86. The summed E-state index contributed by atoms with van der Waals surface area (Å²) in [4.78, 5) is 12.3. The summed E-state index contributed by atoms with van der Waals surface area (Å²) in [5.41, 5.74) is 3.44. The van der Waals surface area contributed by atoms with Gasteiger partial charge in [0.15, 0.2) is 0 Å². The topological polar surface area (TPSA) is 46.9 Å². The summed E-state index contributed by atoms with van der Waals surface area (Å²) in [6, 6.07) is 7.61. The molecule has 0 saturated carbocycles. The van der Waals surface area contributed by atoms with Crippen LogP contribution in [0.25, 0.3) is 0 Å². The summed E-state index contributed by atoms with van der Waals surface area (Å²) in [5.74, 6) is -0.130. The lowest BCUT2D eigenvalue weighted by molar-refractivity contribution is 0.101. The molecule has 20 heavy (non-hydrogen) atoms. The fourth-order valence-corrected chi connectivity index (χ4v) is 2.31. The van der Waals surface area contributed by atoms with Crippen LogP contribution in [0.3, 0.4) is 0 Å². The second-order valence-electron chi connectivity index (χ2n) is 4.61. The van der Waals surface area contributed by atoms with Crippen LogP contribution in [0.4, 0.5) is 5.69 Å². The monoisotopic (exact) mass is 335 g/mol. The van der Waals surface area contributed by atoms with Crippen molar-refractivity contribution >= 4 is 27.5 Å². The first-order chi connectivity index (χ1) is 9.55. The van der Waals surface area contributed by atoms with Crippen LogP contribution >= 0.6 is 15.9 Å². The molecule has 0 aliphatic rings. The molecule has 2 rings (SSSR count). The van der Waals surface area contributed by atoms with Gasteiger partial charge in [-0.25, -0.2) is 0 Å². The van der Waals surface area contributed by atoms with Crippen molar-refractivity contribution in [1.82, 2.24) is 9.78 Å². The Balaban J connectivity index is 2.23. The van der Waals surface area contributed by atoms with Gasteiger partial charge >= 0.3 is 0 Å². The Labute approximate surface area is 127 Å². The van der Waals surface area contributed by atoms with Gasteiger partial charge in [0.25, 0.3) is 5.91 Å². The molecule has 0 aliphatic heterocycles. The fraction of sp³-hybridized carbons (Fsp3) is 0.333. The van der Waals surface area contributed by atoms with E-state index in [2.05, 4.69) is 26.3 Å². The van der Waals surface area contributed by atoms with Gasteiger partial charge in [0.1, 0.15) is 5.69 Å². The molecule has 0 bridgehead atoms. The highest BCUT2D eigenvalue weighted by Crippen LogP contribution is 2.21. The summed E-state index contributed by atoms with van der Waals surface area (Å²) >= 11 is 3.47. The van der Waals surface area contributed by atoms with Gasteiger partial charge in [-0.1, -0.05) is 28.9 Å². The quantitative estimate of drug-likeness (QED) is 0.923. The van der Waals surface area contributed by atoms with E-state index >= 15 is 0 Å². The van der Waals surface area contributed by atoms with Crippen molar-refractivity contribution in [1.29, 1.82) is 0 Å². The van der Waals surface area contributed by atoms with Crippen LogP contribution in [0.2, 0.25) is 0 Å². The van der Waals surface area contributed by atoms with E-state index < -0.39 is 0 Å². The number of nitrogens with one attached hydrogen (secondary N) is 1. The fourth-order valence-electron chi connectivity index (χ4n) is 1.93. The lowest BCUT2D eigenvalue weighted by atomic mass is 10.2. The van der Waals surface area contributed by atoms with Crippen molar-refractivity contribution in [2.45, 2.75) is 33.7 Å². The Morgan fingerprint density at radius 1 is 1.35 bits per heavy atom. The molecule has 106 valence electrons. The van der Waals surface area contributed by atoms with E-state index in [1.165, 1.54) is 0 Å². The number of amides is 1. The second kappa shape index (κ2) is 6.22. The Hall–Kier alpha value is -1.62. The summed E-state index contributed by atoms with van der Waals surface area (Å²) in [5, 5.41) is 7.30. The van der Waals surface area contributed by atoms with Gasteiger partial charge in [-0.15, -0.1) is 0 Å². The molecule has 0 radical (unpaired) electrons. The normalized spacial score (nSPS) is 10.6. The maximum absolute atomic E-state index is 12.3. The zero-order chi connectivity index (χ0) is 14.7. The zero-order valence-electron chi connectivity index (χ0n) is 11.9. The number of hydrogen-bond acceptors (Lipinski definition) is 2. The van der Waals surface area contributed by atoms with Crippen molar-refractivity contribution in [3.05, 3.63) is 45.7 Å². The molecule has 1 N–H and O–H groups in total. The third-order valence-electron chi connectivity index (χ3n) is 3.15. The molecule has 1 heterocycles. The van der Waals surface area contributed by atoms with Crippen LogP contribution < -0.4 is 5.32 Å². The summed E-state index contributed by atoms with van der Waals surface area (Å²) < 4.78 is 2.71. The van der Waals surface area contributed by atoms with E-state index in [0.717, 1.165) is 27.8 Å². The maximum atomic E-state index is 12.3. The van der Waals surface area contributed by atoms with E-state index in [4.69, 9.17) is 0 Å². The standard InChI is InChI=1S/C15H18BrN3O/c1-4-11-9-14(19(5-2)18-11)15(20)17-12-7-6-10(3)13(16)8-12/h6-9H,4-5H2,1-3H3,(H,17,20). The predicted molar refractivity (Wildman–Crippen MR) is 84.1 cm³/mol. The Bertz CT molecular complexity index is 634. The SMILES string of the molecule is CCc1cc(C(=O)Nc2ccc(C)c(Br)c2)n(CC)n1. The van der Waals surface area contributed by atoms with Crippen molar-refractivity contribution < 1.29 is 4.79 Å². The van der Waals surface area contributed by atoms with Crippen molar-refractivity contribution in [3.63, 3.8) is 0 Å². The highest BCUT2D eigenvalue weighted by atomic mass is 79.9. The second-order valence-corrected chi connectivity index (χ2v) is 5.46. The number of halogens is 1. The van der Waals surface area contributed by atoms with Crippen LogP contribution in [0.15, 0.2) is 28.7 Å². The average molecular weight is 336 g/mol. The third kappa shape index (κ3) is 3.10. The summed E-state index contributed by atoms with van der Waals surface area (Å²) in [6.45, 7) is 6.70. The first-order valence-corrected chi connectivity index (χ1v) is 7.48. The molecule has 2 aromatic rings. The molecule has 0 unspecified atom stereocenters. The Morgan fingerprint density at radius 2 is 2.10 bits per heavy atom. The highest BCUT2D eigenvalue weighted by molar-refractivity contribution is 9.10. The van der Waals surface area contributed by atoms with Gasteiger partial charge in [0, 0.05) is 16.7 Å². The van der Waals surface area contributed by atoms with Gasteiger partial charge in [-0.3, -0.25) is 9.48 Å². The number of carbonyl (C=O) groups excluding carboxylic acids is 1. The predicted octanol–water partition coefficient (Wildman–Crippen LogP) is 3.79. The molecule has 1 aromatic heterocycles. The minimum absolute atomic E-state index is 0.130. The van der Waals surface area contributed by atoms with E-state index in [0.29, 0.717) is 12.2 Å². The lowest BCUT2D eigenvalue weighted by Gasteiger charge is -2.08. The number of anilines is 1. The number of benzene rings is 1. The number of rotatable bonds is 4.